The van der Waals surface area contributed by atoms with Crippen LogP contribution in [0.4, 0.5) is 5.82 Å². The molecular formula is C11H17N3O2. The van der Waals surface area contributed by atoms with Crippen molar-refractivity contribution in [2.45, 2.75) is 0 Å². The molecule has 2 rings (SSSR count). The molecule has 1 N–H and O–H groups in total. The van der Waals surface area contributed by atoms with Gasteiger partial charge in [0.2, 0.25) is 5.88 Å². The van der Waals surface area contributed by atoms with E-state index in [9.17, 15) is 0 Å². The topological polar surface area (TPSA) is 46.6 Å². The Balaban J connectivity index is 2.24. The maximum Gasteiger partial charge on any atom is 0.218 e. The fourth-order valence-corrected chi connectivity index (χ4v) is 1.75. The van der Waals surface area contributed by atoms with Crippen LogP contribution in [0.1, 0.15) is 0 Å². The summed E-state index contributed by atoms with van der Waals surface area (Å²) in [6, 6.07) is 3.72. The molecule has 0 saturated carbocycles. The number of anilines is 1. The lowest BCUT2D eigenvalue weighted by molar-refractivity contribution is 0.382. The van der Waals surface area contributed by atoms with Gasteiger partial charge < -0.3 is 19.7 Å². The molecule has 16 heavy (non-hydrogen) atoms. The molecule has 0 unspecified atom stereocenters. The van der Waals surface area contributed by atoms with Crippen molar-refractivity contribution in [2.75, 3.05) is 45.3 Å². The van der Waals surface area contributed by atoms with Crippen LogP contribution in [0.15, 0.2) is 12.1 Å². The molecule has 5 nitrogen and oxygen atoms in total. The lowest BCUT2D eigenvalue weighted by atomic mass is 10.3. The SMILES string of the molecule is COc1cc(OC)nc(N2CCNCC2)c1. The van der Waals surface area contributed by atoms with Crippen LogP contribution in [0.3, 0.4) is 0 Å². The Morgan fingerprint density at radius 3 is 2.56 bits per heavy atom. The van der Waals surface area contributed by atoms with E-state index in [-0.39, 0.29) is 0 Å². The maximum absolute atomic E-state index is 5.23. The molecular weight excluding hydrogens is 206 g/mol. The number of aromatic nitrogens is 1. The monoisotopic (exact) mass is 223 g/mol. The van der Waals surface area contributed by atoms with Gasteiger partial charge in [-0.2, -0.15) is 4.98 Å². The average Bonchev–Trinajstić information content (AvgIpc) is 2.39. The molecule has 0 amide bonds. The summed E-state index contributed by atoms with van der Waals surface area (Å²) >= 11 is 0. The summed E-state index contributed by atoms with van der Waals surface area (Å²) in [4.78, 5) is 6.64. The number of methoxy groups -OCH3 is 2. The van der Waals surface area contributed by atoms with E-state index in [4.69, 9.17) is 9.47 Å². The Hall–Kier alpha value is -1.49. The van der Waals surface area contributed by atoms with Crippen molar-refractivity contribution in [3.63, 3.8) is 0 Å². The molecule has 2 heterocycles. The normalized spacial score (nSPS) is 16.0. The average molecular weight is 223 g/mol. The van der Waals surface area contributed by atoms with Crippen LogP contribution in [0.25, 0.3) is 0 Å². The zero-order valence-corrected chi connectivity index (χ0v) is 9.69. The van der Waals surface area contributed by atoms with Gasteiger partial charge >= 0.3 is 0 Å². The van der Waals surface area contributed by atoms with E-state index in [1.54, 1.807) is 20.3 Å². The van der Waals surface area contributed by atoms with Crippen LogP contribution in [-0.2, 0) is 0 Å². The van der Waals surface area contributed by atoms with Crippen LogP contribution in [-0.4, -0.2) is 45.4 Å². The molecule has 1 fully saturated rings. The van der Waals surface area contributed by atoms with Gasteiger partial charge in [0.1, 0.15) is 11.6 Å². The number of hydrogen-bond donors (Lipinski definition) is 1. The van der Waals surface area contributed by atoms with Gasteiger partial charge in [-0.15, -0.1) is 0 Å². The third-order valence-corrected chi connectivity index (χ3v) is 2.65. The molecule has 88 valence electrons. The zero-order chi connectivity index (χ0) is 11.4. The molecule has 0 aromatic carbocycles. The smallest absolute Gasteiger partial charge is 0.218 e. The number of nitrogens with zero attached hydrogens (tertiary/aromatic N) is 2. The van der Waals surface area contributed by atoms with Gasteiger partial charge in [0.25, 0.3) is 0 Å². The van der Waals surface area contributed by atoms with Crippen molar-refractivity contribution < 1.29 is 9.47 Å². The van der Waals surface area contributed by atoms with Gasteiger partial charge in [-0.3, -0.25) is 0 Å². The fourth-order valence-electron chi connectivity index (χ4n) is 1.75. The Bertz CT molecular complexity index is 329. The quantitative estimate of drug-likeness (QED) is 0.809. The van der Waals surface area contributed by atoms with Crippen LogP contribution >= 0.6 is 0 Å². The van der Waals surface area contributed by atoms with E-state index in [0.717, 1.165) is 37.7 Å². The van der Waals surface area contributed by atoms with Gasteiger partial charge in [-0.1, -0.05) is 0 Å². The molecule has 0 radical (unpaired) electrons. The number of nitrogens with one attached hydrogen (secondary N) is 1. The third-order valence-electron chi connectivity index (χ3n) is 2.65. The second-order valence-electron chi connectivity index (χ2n) is 3.64. The summed E-state index contributed by atoms with van der Waals surface area (Å²) in [7, 11) is 3.26. The van der Waals surface area contributed by atoms with E-state index in [0.29, 0.717) is 5.88 Å². The van der Waals surface area contributed by atoms with Crippen molar-refractivity contribution in [2.24, 2.45) is 0 Å². The largest absolute Gasteiger partial charge is 0.496 e. The first-order chi connectivity index (χ1) is 7.83. The molecule has 1 aliphatic heterocycles. The van der Waals surface area contributed by atoms with E-state index >= 15 is 0 Å². The van der Waals surface area contributed by atoms with Gasteiger partial charge in [-0.25, -0.2) is 0 Å². The van der Waals surface area contributed by atoms with Crippen LogP contribution in [0.2, 0.25) is 0 Å². The minimum atomic E-state index is 0.591. The van der Waals surface area contributed by atoms with E-state index in [2.05, 4.69) is 15.2 Å². The molecule has 1 saturated heterocycles. The number of ether oxygens (including phenoxy) is 2. The maximum atomic E-state index is 5.23. The van der Waals surface area contributed by atoms with Crippen LogP contribution in [0, 0.1) is 0 Å². The highest BCUT2D eigenvalue weighted by molar-refractivity contribution is 5.47. The van der Waals surface area contributed by atoms with E-state index < -0.39 is 0 Å². The highest BCUT2D eigenvalue weighted by Gasteiger charge is 2.13. The minimum Gasteiger partial charge on any atom is -0.496 e. The van der Waals surface area contributed by atoms with Crippen LogP contribution in [0.5, 0.6) is 11.6 Å². The fraction of sp³-hybridized carbons (Fsp3) is 0.545. The second-order valence-corrected chi connectivity index (χ2v) is 3.64. The molecule has 0 spiro atoms. The zero-order valence-electron chi connectivity index (χ0n) is 9.69. The summed E-state index contributed by atoms with van der Waals surface area (Å²) in [5, 5.41) is 3.31. The highest BCUT2D eigenvalue weighted by Crippen LogP contribution is 2.24. The summed E-state index contributed by atoms with van der Waals surface area (Å²) in [5.41, 5.74) is 0. The first-order valence-corrected chi connectivity index (χ1v) is 5.39. The van der Waals surface area contributed by atoms with Gasteiger partial charge in [0, 0.05) is 38.3 Å². The standard InChI is InChI=1S/C11H17N3O2/c1-15-9-7-10(13-11(8-9)16-2)14-5-3-12-4-6-14/h7-8,12H,3-6H2,1-2H3. The molecule has 1 aromatic heterocycles. The summed E-state index contributed by atoms with van der Waals surface area (Å²) in [5.74, 6) is 2.28. The van der Waals surface area contributed by atoms with Crippen molar-refractivity contribution in [3.8, 4) is 11.6 Å². The van der Waals surface area contributed by atoms with Crippen molar-refractivity contribution >= 4 is 5.82 Å². The third kappa shape index (κ3) is 2.36. The molecule has 0 aliphatic carbocycles. The van der Waals surface area contributed by atoms with Gasteiger partial charge in [-0.05, 0) is 0 Å². The van der Waals surface area contributed by atoms with Crippen molar-refractivity contribution in [3.05, 3.63) is 12.1 Å². The first-order valence-electron chi connectivity index (χ1n) is 5.39. The highest BCUT2D eigenvalue weighted by atomic mass is 16.5. The Morgan fingerprint density at radius 2 is 1.94 bits per heavy atom. The molecule has 1 aromatic rings. The Morgan fingerprint density at radius 1 is 1.19 bits per heavy atom. The molecule has 5 heteroatoms. The number of rotatable bonds is 3. The molecule has 0 atom stereocenters. The number of pyridine rings is 1. The van der Waals surface area contributed by atoms with Crippen LogP contribution < -0.4 is 19.7 Å². The summed E-state index contributed by atoms with van der Waals surface area (Å²) in [6.45, 7) is 3.90. The van der Waals surface area contributed by atoms with Gasteiger partial charge in [0.05, 0.1) is 14.2 Å². The molecule has 1 aliphatic rings. The number of hydrogen-bond acceptors (Lipinski definition) is 5. The second kappa shape index (κ2) is 5.03. The van der Waals surface area contributed by atoms with E-state index in [1.807, 2.05) is 6.07 Å². The molecule has 0 bridgehead atoms. The number of piperazine rings is 1. The van der Waals surface area contributed by atoms with E-state index in [1.165, 1.54) is 0 Å². The lowest BCUT2D eigenvalue weighted by Crippen LogP contribution is -2.43. The summed E-state index contributed by atoms with van der Waals surface area (Å²) < 4.78 is 10.4. The van der Waals surface area contributed by atoms with Crippen molar-refractivity contribution in [1.82, 2.24) is 10.3 Å². The first kappa shape index (κ1) is 11.0. The minimum absolute atomic E-state index is 0.591. The Labute approximate surface area is 95.4 Å². The summed E-state index contributed by atoms with van der Waals surface area (Å²) in [6.07, 6.45) is 0. The predicted molar refractivity (Wildman–Crippen MR) is 62.4 cm³/mol. The lowest BCUT2D eigenvalue weighted by Gasteiger charge is -2.28. The van der Waals surface area contributed by atoms with Crippen molar-refractivity contribution in [1.29, 1.82) is 0 Å². The predicted octanol–water partition coefficient (Wildman–Crippen LogP) is 0.508. The van der Waals surface area contributed by atoms with Gasteiger partial charge in [0.15, 0.2) is 0 Å². The Kier molecular flexibility index (Phi) is 3.46.